The number of benzene rings is 9. The van der Waals surface area contributed by atoms with Crippen molar-refractivity contribution in [2.75, 3.05) is 0 Å². The van der Waals surface area contributed by atoms with Crippen LogP contribution in [0.25, 0.3) is 128 Å². The first-order valence-corrected chi connectivity index (χ1v) is 21.1. The molecule has 63 heavy (non-hydrogen) atoms. The van der Waals surface area contributed by atoms with Gasteiger partial charge in [0.15, 0.2) is 17.5 Å². The molecule has 0 N–H and O–H groups in total. The van der Waals surface area contributed by atoms with Gasteiger partial charge in [-0.15, -0.1) is 0 Å². The summed E-state index contributed by atoms with van der Waals surface area (Å²) in [5.74, 6) is 1.68. The summed E-state index contributed by atoms with van der Waals surface area (Å²) in [5.41, 5.74) is 13.5. The number of fused-ring (bicyclic) bond motifs is 9. The standard InChI is InChI=1S/C57H34N4O2/c1-4-15-35(16-5-1)45-32-39(34-52-53(45)43-22-11-13-25-49(43)63-52)56-58-55(36-17-6-2-7-18-36)59-57(60-56)44-23-14-26-51-54(44)46-31-37(28-30-50(46)62-51)38-27-29-42-41-21-10-12-24-47(41)61(48(42)33-38)40-19-8-3-9-20-40/h1-34H. The average molecular weight is 807 g/mol. The van der Waals surface area contributed by atoms with Crippen molar-refractivity contribution in [2.45, 2.75) is 0 Å². The minimum atomic E-state index is 0.547. The van der Waals surface area contributed by atoms with E-state index in [0.29, 0.717) is 17.5 Å². The molecule has 0 radical (unpaired) electrons. The van der Waals surface area contributed by atoms with Crippen molar-refractivity contribution in [1.82, 2.24) is 19.5 Å². The molecule has 13 aromatic rings. The SMILES string of the molecule is c1ccc(-c2nc(-c3cc(-c4ccccc4)c4c(c3)oc3ccccc34)nc(-c3cccc4oc5ccc(-c6ccc7c8ccccc8n(-c8ccccc8)c7c6)cc5c34)n2)cc1. The number of nitrogens with zero attached hydrogens (tertiary/aromatic N) is 4. The van der Waals surface area contributed by atoms with Gasteiger partial charge in [0, 0.05) is 54.7 Å². The lowest BCUT2D eigenvalue weighted by Crippen LogP contribution is -2.00. The fraction of sp³-hybridized carbons (Fsp3) is 0. The molecule has 0 aliphatic heterocycles. The molecule has 0 bridgehead atoms. The van der Waals surface area contributed by atoms with Crippen LogP contribution in [0.15, 0.2) is 215 Å². The Bertz CT molecular complexity index is 3900. The maximum Gasteiger partial charge on any atom is 0.164 e. The van der Waals surface area contributed by atoms with E-state index >= 15 is 0 Å². The third-order valence-corrected chi connectivity index (χ3v) is 12.2. The van der Waals surface area contributed by atoms with Gasteiger partial charge < -0.3 is 13.4 Å². The number of hydrogen-bond acceptors (Lipinski definition) is 5. The van der Waals surface area contributed by atoms with Crippen LogP contribution in [-0.4, -0.2) is 19.5 Å². The number of rotatable bonds is 6. The first-order valence-electron chi connectivity index (χ1n) is 21.1. The predicted molar refractivity (Wildman–Crippen MR) is 256 cm³/mol. The van der Waals surface area contributed by atoms with Crippen molar-refractivity contribution >= 4 is 65.7 Å². The highest BCUT2D eigenvalue weighted by atomic mass is 16.3. The van der Waals surface area contributed by atoms with E-state index in [1.807, 2.05) is 60.7 Å². The van der Waals surface area contributed by atoms with Gasteiger partial charge in [-0.2, -0.15) is 0 Å². The molecule has 0 unspecified atom stereocenters. The highest BCUT2D eigenvalue weighted by molar-refractivity contribution is 6.15. The second-order valence-electron chi connectivity index (χ2n) is 15.9. The van der Waals surface area contributed by atoms with Crippen molar-refractivity contribution < 1.29 is 8.83 Å². The topological polar surface area (TPSA) is 69.9 Å². The van der Waals surface area contributed by atoms with Crippen LogP contribution in [0.1, 0.15) is 0 Å². The first-order chi connectivity index (χ1) is 31.2. The molecule has 0 saturated carbocycles. The van der Waals surface area contributed by atoms with Gasteiger partial charge in [-0.1, -0.05) is 146 Å². The Morgan fingerprint density at radius 2 is 0.889 bits per heavy atom. The van der Waals surface area contributed by atoms with E-state index in [1.165, 1.54) is 16.3 Å². The van der Waals surface area contributed by atoms with E-state index in [0.717, 1.165) is 94.0 Å². The molecule has 0 atom stereocenters. The normalized spacial score (nSPS) is 11.8. The summed E-state index contributed by atoms with van der Waals surface area (Å²) in [6.07, 6.45) is 0. The summed E-state index contributed by atoms with van der Waals surface area (Å²) >= 11 is 0. The van der Waals surface area contributed by atoms with Crippen molar-refractivity contribution in [1.29, 1.82) is 0 Å². The Kier molecular flexibility index (Phi) is 7.80. The second-order valence-corrected chi connectivity index (χ2v) is 15.9. The van der Waals surface area contributed by atoms with Gasteiger partial charge in [-0.05, 0) is 82.9 Å². The summed E-state index contributed by atoms with van der Waals surface area (Å²) in [4.78, 5) is 15.7. The fourth-order valence-electron chi connectivity index (χ4n) is 9.37. The Morgan fingerprint density at radius 1 is 0.302 bits per heavy atom. The van der Waals surface area contributed by atoms with Gasteiger partial charge in [0.25, 0.3) is 0 Å². The number of aromatic nitrogens is 4. The fourth-order valence-corrected chi connectivity index (χ4v) is 9.37. The van der Waals surface area contributed by atoms with E-state index < -0.39 is 0 Å². The van der Waals surface area contributed by atoms with E-state index in [-0.39, 0.29) is 0 Å². The summed E-state index contributed by atoms with van der Waals surface area (Å²) in [6, 6.07) is 71.5. The van der Waals surface area contributed by atoms with Gasteiger partial charge in [0.2, 0.25) is 0 Å². The van der Waals surface area contributed by atoms with E-state index in [9.17, 15) is 0 Å². The predicted octanol–water partition coefficient (Wildman–Crippen LogP) is 15.1. The number of para-hydroxylation sites is 3. The largest absolute Gasteiger partial charge is 0.456 e. The third-order valence-electron chi connectivity index (χ3n) is 12.2. The minimum absolute atomic E-state index is 0.547. The van der Waals surface area contributed by atoms with Gasteiger partial charge in [0.1, 0.15) is 22.3 Å². The quantitative estimate of drug-likeness (QED) is 0.167. The Balaban J connectivity index is 1.01. The zero-order chi connectivity index (χ0) is 41.4. The molecule has 9 aromatic carbocycles. The summed E-state index contributed by atoms with van der Waals surface area (Å²) in [6.45, 7) is 0. The second kappa shape index (κ2) is 14.0. The van der Waals surface area contributed by atoms with Gasteiger partial charge in [-0.25, -0.2) is 15.0 Å². The summed E-state index contributed by atoms with van der Waals surface area (Å²) in [5, 5.41) is 6.50. The van der Waals surface area contributed by atoms with Crippen LogP contribution in [0.4, 0.5) is 0 Å². The van der Waals surface area contributed by atoms with Crippen molar-refractivity contribution in [2.24, 2.45) is 0 Å². The zero-order valence-electron chi connectivity index (χ0n) is 33.7. The van der Waals surface area contributed by atoms with Crippen LogP contribution in [0, 0.1) is 0 Å². The monoisotopic (exact) mass is 806 g/mol. The summed E-state index contributed by atoms with van der Waals surface area (Å²) in [7, 11) is 0. The maximum atomic E-state index is 6.58. The molecule has 0 aliphatic rings. The van der Waals surface area contributed by atoms with Gasteiger partial charge >= 0.3 is 0 Å². The molecular weight excluding hydrogens is 773 g/mol. The molecule has 6 nitrogen and oxygen atoms in total. The Labute approximate surface area is 361 Å². The first kappa shape index (κ1) is 35.2. The number of hydrogen-bond donors (Lipinski definition) is 0. The molecule has 294 valence electrons. The molecule has 6 heteroatoms. The molecule has 0 spiro atoms. The van der Waals surface area contributed by atoms with E-state index in [2.05, 4.69) is 150 Å². The summed E-state index contributed by atoms with van der Waals surface area (Å²) < 4.78 is 15.5. The molecule has 4 aromatic heterocycles. The zero-order valence-corrected chi connectivity index (χ0v) is 33.7. The smallest absolute Gasteiger partial charge is 0.164 e. The Hall–Kier alpha value is -8.61. The van der Waals surface area contributed by atoms with Crippen LogP contribution >= 0.6 is 0 Å². The molecule has 4 heterocycles. The molecule has 0 saturated heterocycles. The molecule has 0 amide bonds. The van der Waals surface area contributed by atoms with Crippen molar-refractivity contribution in [3.05, 3.63) is 206 Å². The lowest BCUT2D eigenvalue weighted by atomic mass is 9.96. The average Bonchev–Trinajstić information content (AvgIpc) is 4.03. The third kappa shape index (κ3) is 5.69. The molecule has 0 fully saturated rings. The van der Waals surface area contributed by atoms with Gasteiger partial charge in [-0.3, -0.25) is 0 Å². The van der Waals surface area contributed by atoms with Gasteiger partial charge in [0.05, 0.1) is 11.0 Å². The molecule has 13 rings (SSSR count). The highest BCUT2D eigenvalue weighted by Crippen LogP contribution is 2.42. The molecule has 0 aliphatic carbocycles. The van der Waals surface area contributed by atoms with Crippen LogP contribution in [0.5, 0.6) is 0 Å². The van der Waals surface area contributed by atoms with Crippen LogP contribution < -0.4 is 0 Å². The van der Waals surface area contributed by atoms with E-state index in [4.69, 9.17) is 23.8 Å². The van der Waals surface area contributed by atoms with Crippen molar-refractivity contribution in [3.63, 3.8) is 0 Å². The number of furan rings is 2. The lowest BCUT2D eigenvalue weighted by Gasteiger charge is -2.11. The molecular formula is C57H34N4O2. The maximum absolute atomic E-state index is 6.58. The highest BCUT2D eigenvalue weighted by Gasteiger charge is 2.21. The Morgan fingerprint density at radius 3 is 1.71 bits per heavy atom. The minimum Gasteiger partial charge on any atom is -0.456 e. The van der Waals surface area contributed by atoms with Crippen LogP contribution in [0.2, 0.25) is 0 Å². The van der Waals surface area contributed by atoms with Crippen molar-refractivity contribution in [3.8, 4) is 62.1 Å². The van der Waals surface area contributed by atoms with E-state index in [1.54, 1.807) is 0 Å². The van der Waals surface area contributed by atoms with Crippen LogP contribution in [-0.2, 0) is 0 Å². The van der Waals surface area contributed by atoms with Crippen LogP contribution in [0.3, 0.4) is 0 Å². The lowest BCUT2D eigenvalue weighted by molar-refractivity contribution is 0.668.